The predicted octanol–water partition coefficient (Wildman–Crippen LogP) is 7.54. The molecule has 1 aliphatic carbocycles. The Kier molecular flexibility index (Phi) is 16.9. The summed E-state index contributed by atoms with van der Waals surface area (Å²) >= 11 is 0. The SMILES string of the molecule is CCCCc1nc2c(N)nc3ccccc3c2n1CCCCN(C)CCCOCCOCCC(=O)NCC1CCCCCCCC1CC. The molecule has 0 bridgehead atoms. The van der Waals surface area contributed by atoms with Gasteiger partial charge in [0.2, 0.25) is 5.91 Å². The van der Waals surface area contributed by atoms with Crippen molar-refractivity contribution in [3.63, 3.8) is 0 Å². The topological polar surface area (TPSA) is 108 Å². The van der Waals surface area contributed by atoms with E-state index < -0.39 is 0 Å². The lowest BCUT2D eigenvalue weighted by Gasteiger charge is -2.26. The number of anilines is 1. The van der Waals surface area contributed by atoms with E-state index in [1.165, 1.54) is 51.4 Å². The summed E-state index contributed by atoms with van der Waals surface area (Å²) in [4.78, 5) is 24.4. The molecule has 9 nitrogen and oxygen atoms in total. The fraction of sp³-hybridized carbons (Fsp3) is 0.718. The average molecular weight is 665 g/mol. The minimum atomic E-state index is 0.111. The van der Waals surface area contributed by atoms with E-state index in [2.05, 4.69) is 52.8 Å². The number of nitrogens with one attached hydrogen (secondary N) is 1. The number of carbonyl (C=O) groups is 1. The highest BCUT2D eigenvalue weighted by Gasteiger charge is 2.21. The third-order valence-electron chi connectivity index (χ3n) is 10.2. The summed E-state index contributed by atoms with van der Waals surface area (Å²) in [5, 5.41) is 4.32. The van der Waals surface area contributed by atoms with Crippen molar-refractivity contribution in [2.45, 2.75) is 117 Å². The summed E-state index contributed by atoms with van der Waals surface area (Å²) in [5.41, 5.74) is 9.25. The zero-order valence-corrected chi connectivity index (χ0v) is 30.3. The molecule has 2 unspecified atom stereocenters. The lowest BCUT2D eigenvalue weighted by molar-refractivity contribution is -0.122. The fourth-order valence-corrected chi connectivity index (χ4v) is 7.31. The number of hydrogen-bond donors (Lipinski definition) is 2. The van der Waals surface area contributed by atoms with Crippen molar-refractivity contribution in [2.75, 3.05) is 58.8 Å². The first-order chi connectivity index (χ1) is 23.5. The van der Waals surface area contributed by atoms with Crippen molar-refractivity contribution in [1.29, 1.82) is 0 Å². The molecule has 3 N–H and O–H groups in total. The van der Waals surface area contributed by atoms with Gasteiger partial charge in [0.25, 0.3) is 0 Å². The molecule has 0 aliphatic heterocycles. The lowest BCUT2D eigenvalue weighted by Crippen LogP contribution is -2.33. The molecular weight excluding hydrogens is 600 g/mol. The number of pyridine rings is 1. The van der Waals surface area contributed by atoms with Crippen LogP contribution >= 0.6 is 0 Å². The molecule has 1 saturated carbocycles. The van der Waals surface area contributed by atoms with Crippen LogP contribution in [-0.4, -0.2) is 78.5 Å². The number of nitrogens with zero attached hydrogens (tertiary/aromatic N) is 4. The Morgan fingerprint density at radius 3 is 2.44 bits per heavy atom. The van der Waals surface area contributed by atoms with E-state index in [4.69, 9.17) is 20.2 Å². The van der Waals surface area contributed by atoms with E-state index in [1.807, 2.05) is 12.1 Å². The number of fused-ring (bicyclic) bond motifs is 3. The first-order valence-electron chi connectivity index (χ1n) is 19.2. The number of ether oxygens (including phenoxy) is 2. The van der Waals surface area contributed by atoms with Gasteiger partial charge >= 0.3 is 0 Å². The number of benzene rings is 1. The van der Waals surface area contributed by atoms with Crippen LogP contribution in [0.5, 0.6) is 0 Å². The Hall–Kier alpha value is -2.75. The maximum atomic E-state index is 12.4. The number of aromatic nitrogens is 3. The van der Waals surface area contributed by atoms with Gasteiger partial charge in [-0.3, -0.25) is 4.79 Å². The first-order valence-corrected chi connectivity index (χ1v) is 19.2. The van der Waals surface area contributed by atoms with Gasteiger partial charge in [-0.1, -0.05) is 83.4 Å². The zero-order valence-electron chi connectivity index (χ0n) is 30.3. The third kappa shape index (κ3) is 12.0. The Bertz CT molecular complexity index is 1360. The highest BCUT2D eigenvalue weighted by molar-refractivity contribution is 6.06. The molecule has 0 spiro atoms. The van der Waals surface area contributed by atoms with Crippen LogP contribution in [0.25, 0.3) is 21.9 Å². The number of unbranched alkanes of at least 4 members (excludes halogenated alkanes) is 2. The quantitative estimate of drug-likeness (QED) is 0.113. The smallest absolute Gasteiger partial charge is 0.222 e. The normalized spacial score (nSPS) is 17.5. The number of carbonyl (C=O) groups excluding carboxylic acids is 1. The fourth-order valence-electron chi connectivity index (χ4n) is 7.31. The van der Waals surface area contributed by atoms with Gasteiger partial charge in [-0.2, -0.15) is 0 Å². The molecule has 2 heterocycles. The molecule has 2 aromatic heterocycles. The second-order valence-corrected chi connectivity index (χ2v) is 13.9. The predicted molar refractivity (Wildman–Crippen MR) is 198 cm³/mol. The van der Waals surface area contributed by atoms with Crippen molar-refractivity contribution >= 4 is 33.7 Å². The molecule has 3 aromatic rings. The summed E-state index contributed by atoms with van der Waals surface area (Å²) in [6, 6.07) is 8.24. The van der Waals surface area contributed by atoms with Gasteiger partial charge in [-0.15, -0.1) is 0 Å². The van der Waals surface area contributed by atoms with Gasteiger partial charge in [0.1, 0.15) is 11.3 Å². The molecule has 4 rings (SSSR count). The molecule has 2 atom stereocenters. The molecule has 9 heteroatoms. The molecule has 268 valence electrons. The van der Waals surface area contributed by atoms with Gasteiger partial charge < -0.3 is 30.0 Å². The maximum Gasteiger partial charge on any atom is 0.222 e. The van der Waals surface area contributed by atoms with Gasteiger partial charge in [0.15, 0.2) is 5.82 Å². The molecule has 1 aromatic carbocycles. The number of hydrogen-bond acceptors (Lipinski definition) is 7. The van der Waals surface area contributed by atoms with Crippen LogP contribution in [0, 0.1) is 11.8 Å². The summed E-state index contributed by atoms with van der Waals surface area (Å²) in [6.45, 7) is 10.6. The molecule has 1 fully saturated rings. The van der Waals surface area contributed by atoms with E-state index in [0.29, 0.717) is 38.0 Å². The van der Waals surface area contributed by atoms with Crippen LogP contribution in [0.4, 0.5) is 5.82 Å². The van der Waals surface area contributed by atoms with Crippen molar-refractivity contribution in [2.24, 2.45) is 11.8 Å². The highest BCUT2D eigenvalue weighted by Crippen LogP contribution is 2.30. The molecule has 1 amide bonds. The van der Waals surface area contributed by atoms with Crippen molar-refractivity contribution in [1.82, 2.24) is 24.8 Å². The highest BCUT2D eigenvalue weighted by atomic mass is 16.5. The van der Waals surface area contributed by atoms with Gasteiger partial charge in [0, 0.05) is 44.5 Å². The van der Waals surface area contributed by atoms with E-state index in [-0.39, 0.29) is 5.91 Å². The third-order valence-corrected chi connectivity index (χ3v) is 10.2. The maximum absolute atomic E-state index is 12.4. The Labute approximate surface area is 289 Å². The number of aryl methyl sites for hydroxylation is 2. The molecular formula is C39H64N6O3. The number of rotatable bonds is 21. The molecule has 1 aliphatic rings. The van der Waals surface area contributed by atoms with Crippen molar-refractivity contribution in [3.05, 3.63) is 30.1 Å². The van der Waals surface area contributed by atoms with E-state index in [1.54, 1.807) is 0 Å². The zero-order chi connectivity index (χ0) is 34.0. The molecule has 48 heavy (non-hydrogen) atoms. The number of nitrogen functional groups attached to an aromatic ring is 1. The number of amides is 1. The van der Waals surface area contributed by atoms with Crippen LogP contribution in [0.2, 0.25) is 0 Å². The van der Waals surface area contributed by atoms with Crippen LogP contribution in [0.3, 0.4) is 0 Å². The second-order valence-electron chi connectivity index (χ2n) is 13.9. The van der Waals surface area contributed by atoms with Crippen LogP contribution in [0.15, 0.2) is 24.3 Å². The molecule has 0 saturated heterocycles. The standard InChI is InChI=1S/C39H64N6O3/c1-4-6-21-35-43-37-38(33-19-12-13-20-34(33)42-39(37)40)45(35)25-15-14-23-44(3)24-16-26-47-28-29-48-27-22-36(46)41-30-32-18-11-9-7-8-10-17-31(32)5-2/h12-13,19-20,31-32H,4-11,14-18,21-30H2,1-3H3,(H2,40,42)(H,41,46). The summed E-state index contributed by atoms with van der Waals surface area (Å²) < 4.78 is 13.9. The number of para-hydroxylation sites is 1. The van der Waals surface area contributed by atoms with E-state index in [0.717, 1.165) is 105 Å². The largest absolute Gasteiger partial charge is 0.382 e. The Morgan fingerprint density at radius 2 is 1.65 bits per heavy atom. The second kappa shape index (κ2) is 21.4. The minimum absolute atomic E-state index is 0.111. The average Bonchev–Trinajstić information content (AvgIpc) is 3.51. The van der Waals surface area contributed by atoms with Crippen LogP contribution in [0.1, 0.15) is 110 Å². The van der Waals surface area contributed by atoms with E-state index in [9.17, 15) is 4.79 Å². The Balaban J connectivity index is 1.05. The molecule has 0 radical (unpaired) electrons. The monoisotopic (exact) mass is 665 g/mol. The van der Waals surface area contributed by atoms with Gasteiger partial charge in [0.05, 0.1) is 30.9 Å². The van der Waals surface area contributed by atoms with Crippen LogP contribution in [-0.2, 0) is 27.2 Å². The minimum Gasteiger partial charge on any atom is -0.382 e. The number of imidazole rings is 1. The summed E-state index contributed by atoms with van der Waals surface area (Å²) in [7, 11) is 2.19. The van der Waals surface area contributed by atoms with E-state index >= 15 is 0 Å². The van der Waals surface area contributed by atoms with Crippen LogP contribution < -0.4 is 11.1 Å². The summed E-state index contributed by atoms with van der Waals surface area (Å²) in [6.07, 6.45) is 17.3. The number of nitrogens with two attached hydrogens (primary N) is 1. The summed E-state index contributed by atoms with van der Waals surface area (Å²) in [5.74, 6) is 3.12. The first kappa shape index (κ1) is 38.1. The van der Waals surface area contributed by atoms with Gasteiger partial charge in [-0.05, 0) is 63.6 Å². The van der Waals surface area contributed by atoms with Crippen molar-refractivity contribution in [3.8, 4) is 0 Å². The lowest BCUT2D eigenvalue weighted by atomic mass is 9.83. The Morgan fingerprint density at radius 1 is 0.917 bits per heavy atom. The van der Waals surface area contributed by atoms with Crippen molar-refractivity contribution < 1.29 is 14.3 Å². The van der Waals surface area contributed by atoms with Gasteiger partial charge in [-0.25, -0.2) is 9.97 Å².